The molecule has 29 heavy (non-hydrogen) atoms. The number of amides is 1. The molecule has 0 aliphatic heterocycles. The number of rotatable bonds is 7. The van der Waals surface area contributed by atoms with Crippen molar-refractivity contribution >= 4 is 5.91 Å². The lowest BCUT2D eigenvalue weighted by atomic mass is 10.1. The summed E-state index contributed by atoms with van der Waals surface area (Å²) in [6.07, 6.45) is 3.41. The van der Waals surface area contributed by atoms with Gasteiger partial charge in [0, 0.05) is 19.4 Å². The molecule has 146 valence electrons. The molecule has 4 rings (SSSR count). The lowest BCUT2D eigenvalue weighted by Gasteiger charge is -2.08. The Labute approximate surface area is 168 Å². The van der Waals surface area contributed by atoms with Crippen LogP contribution in [0.5, 0.6) is 5.75 Å². The van der Waals surface area contributed by atoms with Gasteiger partial charge in [-0.1, -0.05) is 42.5 Å². The standard InChI is InChI=1S/C22H21N5O2/c1-26-19(11-13-24-26)15-23-22(28)21-12-14-27(25-21)16-29-20-9-7-18(8-10-20)17-5-3-2-4-6-17/h2-14H,15-16H2,1H3,(H,23,28). The lowest BCUT2D eigenvalue weighted by molar-refractivity contribution is 0.0943. The Kier molecular flexibility index (Phi) is 5.38. The topological polar surface area (TPSA) is 74.0 Å². The van der Waals surface area contributed by atoms with Crippen molar-refractivity contribution in [2.24, 2.45) is 7.05 Å². The minimum absolute atomic E-state index is 0.222. The van der Waals surface area contributed by atoms with E-state index in [1.807, 2.05) is 55.6 Å². The molecule has 0 aliphatic carbocycles. The molecule has 2 heterocycles. The van der Waals surface area contributed by atoms with Crippen LogP contribution in [0.4, 0.5) is 0 Å². The Hall–Kier alpha value is -3.87. The van der Waals surface area contributed by atoms with Crippen LogP contribution in [0.2, 0.25) is 0 Å². The van der Waals surface area contributed by atoms with Gasteiger partial charge in [-0.3, -0.25) is 9.48 Å². The molecule has 0 atom stereocenters. The molecule has 0 saturated heterocycles. The van der Waals surface area contributed by atoms with E-state index in [1.165, 1.54) is 0 Å². The molecule has 0 spiro atoms. The molecule has 7 nitrogen and oxygen atoms in total. The van der Waals surface area contributed by atoms with Crippen molar-refractivity contribution in [2.75, 3.05) is 0 Å². The molecule has 0 unspecified atom stereocenters. The molecular weight excluding hydrogens is 366 g/mol. The van der Waals surface area contributed by atoms with Crippen molar-refractivity contribution in [3.8, 4) is 16.9 Å². The highest BCUT2D eigenvalue weighted by Crippen LogP contribution is 2.22. The first kappa shape index (κ1) is 18.5. The average Bonchev–Trinajstić information content (AvgIpc) is 3.40. The number of carbonyl (C=O) groups excluding carboxylic acids is 1. The molecule has 7 heteroatoms. The second kappa shape index (κ2) is 8.43. The number of nitrogens with zero attached hydrogens (tertiary/aromatic N) is 4. The Morgan fingerprint density at radius 2 is 1.76 bits per heavy atom. The minimum Gasteiger partial charge on any atom is -0.471 e. The van der Waals surface area contributed by atoms with Gasteiger partial charge >= 0.3 is 0 Å². The van der Waals surface area contributed by atoms with E-state index in [0.29, 0.717) is 12.2 Å². The van der Waals surface area contributed by atoms with Crippen LogP contribution in [0, 0.1) is 0 Å². The van der Waals surface area contributed by atoms with Crippen molar-refractivity contribution in [1.29, 1.82) is 0 Å². The first-order valence-corrected chi connectivity index (χ1v) is 9.26. The maximum absolute atomic E-state index is 12.3. The molecular formula is C22H21N5O2. The van der Waals surface area contributed by atoms with Crippen LogP contribution in [0.15, 0.2) is 79.1 Å². The van der Waals surface area contributed by atoms with Gasteiger partial charge < -0.3 is 10.1 Å². The van der Waals surface area contributed by atoms with Crippen molar-refractivity contribution in [3.05, 3.63) is 90.5 Å². The average molecular weight is 387 g/mol. The fourth-order valence-electron chi connectivity index (χ4n) is 2.91. The van der Waals surface area contributed by atoms with Gasteiger partial charge in [0.25, 0.3) is 5.91 Å². The van der Waals surface area contributed by atoms with E-state index in [9.17, 15) is 4.79 Å². The van der Waals surface area contributed by atoms with E-state index in [-0.39, 0.29) is 12.6 Å². The number of aromatic nitrogens is 4. The normalized spacial score (nSPS) is 10.7. The zero-order valence-electron chi connectivity index (χ0n) is 16.0. The Balaban J connectivity index is 1.31. The van der Waals surface area contributed by atoms with Gasteiger partial charge in [0.05, 0.1) is 12.2 Å². The van der Waals surface area contributed by atoms with Crippen LogP contribution in [0.25, 0.3) is 11.1 Å². The van der Waals surface area contributed by atoms with Gasteiger partial charge in [-0.15, -0.1) is 0 Å². The third-order valence-corrected chi connectivity index (χ3v) is 4.55. The van der Waals surface area contributed by atoms with E-state index in [4.69, 9.17) is 4.74 Å². The van der Waals surface area contributed by atoms with Gasteiger partial charge in [0.15, 0.2) is 6.73 Å². The third kappa shape index (κ3) is 4.52. The van der Waals surface area contributed by atoms with Crippen LogP contribution < -0.4 is 10.1 Å². The smallest absolute Gasteiger partial charge is 0.272 e. The number of aryl methyl sites for hydroxylation is 1. The summed E-state index contributed by atoms with van der Waals surface area (Å²) in [5.74, 6) is 0.500. The molecule has 2 aromatic heterocycles. The number of benzene rings is 2. The maximum Gasteiger partial charge on any atom is 0.272 e. The highest BCUT2D eigenvalue weighted by atomic mass is 16.5. The Morgan fingerprint density at radius 1 is 1.00 bits per heavy atom. The van der Waals surface area contributed by atoms with Crippen molar-refractivity contribution in [3.63, 3.8) is 0 Å². The molecule has 2 aromatic carbocycles. The van der Waals surface area contributed by atoms with Crippen LogP contribution in [-0.4, -0.2) is 25.5 Å². The fraction of sp³-hybridized carbons (Fsp3) is 0.136. The minimum atomic E-state index is -0.239. The second-order valence-electron chi connectivity index (χ2n) is 6.53. The van der Waals surface area contributed by atoms with E-state index in [0.717, 1.165) is 22.6 Å². The monoisotopic (exact) mass is 387 g/mol. The molecule has 0 bridgehead atoms. The summed E-state index contributed by atoms with van der Waals surface area (Å²) < 4.78 is 9.07. The lowest BCUT2D eigenvalue weighted by Crippen LogP contribution is -2.24. The summed E-state index contributed by atoms with van der Waals surface area (Å²) in [5, 5.41) is 11.2. The highest BCUT2D eigenvalue weighted by Gasteiger charge is 2.10. The molecule has 0 radical (unpaired) electrons. The zero-order valence-corrected chi connectivity index (χ0v) is 16.0. The van der Waals surface area contributed by atoms with Gasteiger partial charge in [-0.25, -0.2) is 4.68 Å². The van der Waals surface area contributed by atoms with Crippen LogP contribution >= 0.6 is 0 Å². The molecule has 1 N–H and O–H groups in total. The fourth-order valence-corrected chi connectivity index (χ4v) is 2.91. The zero-order chi connectivity index (χ0) is 20.1. The number of hydrogen-bond donors (Lipinski definition) is 1. The first-order chi connectivity index (χ1) is 14.2. The van der Waals surface area contributed by atoms with Crippen molar-refractivity contribution in [2.45, 2.75) is 13.3 Å². The predicted octanol–water partition coefficient (Wildman–Crippen LogP) is 3.25. The number of hydrogen-bond acceptors (Lipinski definition) is 4. The second-order valence-corrected chi connectivity index (χ2v) is 6.53. The summed E-state index contributed by atoms with van der Waals surface area (Å²) in [5.41, 5.74) is 3.55. The summed E-state index contributed by atoms with van der Waals surface area (Å²) in [7, 11) is 1.83. The number of nitrogens with one attached hydrogen (secondary N) is 1. The van der Waals surface area contributed by atoms with E-state index in [2.05, 4.69) is 27.6 Å². The van der Waals surface area contributed by atoms with Crippen LogP contribution in [0.1, 0.15) is 16.2 Å². The Morgan fingerprint density at radius 3 is 2.48 bits per heavy atom. The van der Waals surface area contributed by atoms with E-state index < -0.39 is 0 Å². The third-order valence-electron chi connectivity index (χ3n) is 4.55. The first-order valence-electron chi connectivity index (χ1n) is 9.26. The summed E-state index contributed by atoms with van der Waals surface area (Å²) >= 11 is 0. The van der Waals surface area contributed by atoms with Crippen molar-refractivity contribution < 1.29 is 9.53 Å². The van der Waals surface area contributed by atoms with Crippen LogP contribution in [-0.2, 0) is 20.3 Å². The molecule has 0 fully saturated rings. The molecule has 0 aliphatic rings. The maximum atomic E-state index is 12.3. The number of carbonyl (C=O) groups is 1. The molecule has 1 amide bonds. The van der Waals surface area contributed by atoms with Gasteiger partial charge in [0.2, 0.25) is 0 Å². The van der Waals surface area contributed by atoms with Crippen molar-refractivity contribution in [1.82, 2.24) is 24.9 Å². The summed E-state index contributed by atoms with van der Waals surface area (Å²) in [4.78, 5) is 12.3. The number of ether oxygens (including phenoxy) is 1. The van der Waals surface area contributed by atoms with Gasteiger partial charge in [-0.2, -0.15) is 10.2 Å². The molecule has 0 saturated carbocycles. The van der Waals surface area contributed by atoms with Gasteiger partial charge in [-0.05, 0) is 35.4 Å². The van der Waals surface area contributed by atoms with Gasteiger partial charge in [0.1, 0.15) is 11.4 Å². The van der Waals surface area contributed by atoms with E-state index in [1.54, 1.807) is 27.8 Å². The van der Waals surface area contributed by atoms with E-state index >= 15 is 0 Å². The SMILES string of the molecule is Cn1nccc1CNC(=O)c1ccn(COc2ccc(-c3ccccc3)cc2)n1. The predicted molar refractivity (Wildman–Crippen MR) is 109 cm³/mol. The van der Waals surface area contributed by atoms with Crippen LogP contribution in [0.3, 0.4) is 0 Å². The molecule has 4 aromatic rings. The highest BCUT2D eigenvalue weighted by molar-refractivity contribution is 5.92. The largest absolute Gasteiger partial charge is 0.471 e. The summed E-state index contributed by atoms with van der Waals surface area (Å²) in [6.45, 7) is 0.617. The Bertz CT molecular complexity index is 1080. The quantitative estimate of drug-likeness (QED) is 0.528. The summed E-state index contributed by atoms with van der Waals surface area (Å²) in [6, 6.07) is 21.6.